The molecule has 0 aromatic heterocycles. The Balaban J connectivity index is 1.95. The van der Waals surface area contributed by atoms with Gasteiger partial charge in [0, 0.05) is 11.6 Å². The summed E-state index contributed by atoms with van der Waals surface area (Å²) in [4.78, 5) is 0. The molecule has 0 aliphatic carbocycles. The lowest BCUT2D eigenvalue weighted by Crippen LogP contribution is -2.37. The van der Waals surface area contributed by atoms with E-state index in [1.807, 2.05) is 12.1 Å². The molecule has 3 rings (SSSR count). The molecule has 17 heavy (non-hydrogen) atoms. The first kappa shape index (κ1) is 10.9. The average Bonchev–Trinajstić information content (AvgIpc) is 2.86. The van der Waals surface area contributed by atoms with E-state index in [1.165, 1.54) is 18.4 Å². The molecule has 1 fully saturated rings. The maximum atomic E-state index is 5.86. The number of hydrogen-bond donors (Lipinski definition) is 2. The third-order valence-electron chi connectivity index (χ3n) is 3.65. The zero-order valence-corrected chi connectivity index (χ0v) is 9.82. The summed E-state index contributed by atoms with van der Waals surface area (Å²) in [6.07, 6.45) is 2.38. The lowest BCUT2D eigenvalue weighted by molar-refractivity contribution is 0.171. The summed E-state index contributed by atoms with van der Waals surface area (Å²) in [5.74, 6) is 2.23. The molecule has 4 heteroatoms. The van der Waals surface area contributed by atoms with Gasteiger partial charge in [-0.1, -0.05) is 12.1 Å². The Morgan fingerprint density at radius 2 is 2.29 bits per heavy atom. The minimum absolute atomic E-state index is 0.297. The number of hydrogen-bond acceptors (Lipinski definition) is 4. The van der Waals surface area contributed by atoms with Crippen LogP contribution in [0.5, 0.6) is 11.5 Å². The number of rotatable bonds is 2. The summed E-state index contributed by atoms with van der Waals surface area (Å²) in [5.41, 5.74) is 7.05. The molecular formula is C13H18N2O2. The summed E-state index contributed by atoms with van der Waals surface area (Å²) >= 11 is 0. The number of piperidine rings is 1. The van der Waals surface area contributed by atoms with E-state index in [1.54, 1.807) is 0 Å². The van der Waals surface area contributed by atoms with E-state index in [4.69, 9.17) is 15.2 Å². The molecule has 1 aromatic carbocycles. The first-order valence-electron chi connectivity index (χ1n) is 6.22. The number of para-hydroxylation sites is 1. The first-order valence-corrected chi connectivity index (χ1v) is 6.22. The molecule has 2 atom stereocenters. The molecule has 2 aliphatic rings. The largest absolute Gasteiger partial charge is 0.454 e. The van der Waals surface area contributed by atoms with E-state index in [-0.39, 0.29) is 0 Å². The van der Waals surface area contributed by atoms with E-state index in [9.17, 15) is 0 Å². The van der Waals surface area contributed by atoms with Gasteiger partial charge >= 0.3 is 0 Å². The Hall–Kier alpha value is -1.26. The number of nitrogens with two attached hydrogens (primary N) is 1. The third kappa shape index (κ3) is 1.87. The molecule has 4 nitrogen and oxygen atoms in total. The highest BCUT2D eigenvalue weighted by atomic mass is 16.7. The highest BCUT2D eigenvalue weighted by Gasteiger charge is 2.30. The van der Waals surface area contributed by atoms with E-state index < -0.39 is 0 Å². The van der Waals surface area contributed by atoms with Crippen LogP contribution >= 0.6 is 0 Å². The summed E-state index contributed by atoms with van der Waals surface area (Å²) < 4.78 is 11.0. The van der Waals surface area contributed by atoms with Crippen LogP contribution in [0.1, 0.15) is 24.4 Å². The minimum Gasteiger partial charge on any atom is -0.454 e. The van der Waals surface area contributed by atoms with Crippen LogP contribution in [-0.4, -0.2) is 19.9 Å². The van der Waals surface area contributed by atoms with Gasteiger partial charge in [-0.15, -0.1) is 0 Å². The molecular weight excluding hydrogens is 216 g/mol. The fourth-order valence-electron chi connectivity index (χ4n) is 2.77. The van der Waals surface area contributed by atoms with Gasteiger partial charge in [-0.05, 0) is 37.9 Å². The summed E-state index contributed by atoms with van der Waals surface area (Å²) in [6.45, 7) is 2.08. The maximum absolute atomic E-state index is 5.86. The van der Waals surface area contributed by atoms with Crippen molar-refractivity contribution in [2.75, 3.05) is 19.9 Å². The number of nitrogens with one attached hydrogen (secondary N) is 1. The summed E-state index contributed by atoms with van der Waals surface area (Å²) in [6, 6.07) is 6.38. The predicted molar refractivity (Wildman–Crippen MR) is 65.1 cm³/mol. The fraction of sp³-hybridized carbons (Fsp3) is 0.538. The van der Waals surface area contributed by atoms with Gasteiger partial charge in [0.05, 0.1) is 0 Å². The predicted octanol–water partition coefficient (Wildman–Crippen LogP) is 1.41. The Bertz CT molecular complexity index is 408. The van der Waals surface area contributed by atoms with Crippen LogP contribution < -0.4 is 20.5 Å². The highest BCUT2D eigenvalue weighted by Crippen LogP contribution is 2.41. The lowest BCUT2D eigenvalue weighted by Gasteiger charge is -2.32. The lowest BCUT2D eigenvalue weighted by atomic mass is 9.86. The van der Waals surface area contributed by atoms with Crippen molar-refractivity contribution < 1.29 is 9.47 Å². The van der Waals surface area contributed by atoms with Crippen molar-refractivity contribution in [2.24, 2.45) is 11.7 Å². The van der Waals surface area contributed by atoms with Gasteiger partial charge in [0.1, 0.15) is 0 Å². The number of fused-ring (bicyclic) bond motifs is 1. The van der Waals surface area contributed by atoms with Gasteiger partial charge in [-0.25, -0.2) is 0 Å². The van der Waals surface area contributed by atoms with Crippen LogP contribution in [0.25, 0.3) is 0 Å². The fourth-order valence-corrected chi connectivity index (χ4v) is 2.77. The van der Waals surface area contributed by atoms with Crippen LogP contribution in [0.15, 0.2) is 18.2 Å². The minimum atomic E-state index is 0.297. The van der Waals surface area contributed by atoms with Gasteiger partial charge in [0.25, 0.3) is 0 Å². The third-order valence-corrected chi connectivity index (χ3v) is 3.65. The van der Waals surface area contributed by atoms with Crippen molar-refractivity contribution in [3.8, 4) is 11.5 Å². The standard InChI is InChI=1S/C13H18N2O2/c14-7-9-3-2-6-15-12(9)10-4-1-5-11-13(10)17-8-16-11/h1,4-5,9,12,15H,2-3,6-8,14H2/t9-,12+/m1/s1. The van der Waals surface area contributed by atoms with Gasteiger partial charge in [0.15, 0.2) is 11.5 Å². The molecule has 1 saturated heterocycles. The van der Waals surface area contributed by atoms with Crippen molar-refractivity contribution in [1.82, 2.24) is 5.32 Å². The Morgan fingerprint density at radius 3 is 3.18 bits per heavy atom. The molecule has 3 N–H and O–H groups in total. The Labute approximate surface area is 101 Å². The quantitative estimate of drug-likeness (QED) is 0.812. The second kappa shape index (κ2) is 4.55. The zero-order chi connectivity index (χ0) is 11.7. The van der Waals surface area contributed by atoms with Crippen LogP contribution in [0.3, 0.4) is 0 Å². The monoisotopic (exact) mass is 234 g/mol. The summed E-state index contributed by atoms with van der Waals surface area (Å²) in [5, 5.41) is 3.55. The molecule has 0 spiro atoms. The van der Waals surface area contributed by atoms with E-state index in [2.05, 4.69) is 11.4 Å². The van der Waals surface area contributed by atoms with Crippen molar-refractivity contribution in [3.63, 3.8) is 0 Å². The average molecular weight is 234 g/mol. The zero-order valence-electron chi connectivity index (χ0n) is 9.82. The summed E-state index contributed by atoms with van der Waals surface area (Å²) in [7, 11) is 0. The molecule has 92 valence electrons. The van der Waals surface area contributed by atoms with Crippen molar-refractivity contribution in [2.45, 2.75) is 18.9 Å². The molecule has 1 aromatic rings. The van der Waals surface area contributed by atoms with Crippen molar-refractivity contribution in [1.29, 1.82) is 0 Å². The maximum Gasteiger partial charge on any atom is 0.231 e. The topological polar surface area (TPSA) is 56.5 Å². The molecule has 0 bridgehead atoms. The molecule has 0 amide bonds. The van der Waals surface area contributed by atoms with Crippen molar-refractivity contribution in [3.05, 3.63) is 23.8 Å². The van der Waals surface area contributed by atoms with E-state index >= 15 is 0 Å². The number of ether oxygens (including phenoxy) is 2. The van der Waals surface area contributed by atoms with Crippen LogP contribution in [0.4, 0.5) is 0 Å². The molecule has 0 unspecified atom stereocenters. The second-order valence-electron chi connectivity index (χ2n) is 4.65. The molecule has 0 saturated carbocycles. The van der Waals surface area contributed by atoms with Crippen LogP contribution in [-0.2, 0) is 0 Å². The first-order chi connectivity index (χ1) is 8.40. The number of benzene rings is 1. The SMILES string of the molecule is NC[C@H]1CCCN[C@@H]1c1cccc2c1OCO2. The molecule has 2 heterocycles. The van der Waals surface area contributed by atoms with Gasteiger partial charge < -0.3 is 20.5 Å². The van der Waals surface area contributed by atoms with Gasteiger partial charge in [-0.2, -0.15) is 0 Å². The van der Waals surface area contributed by atoms with Gasteiger partial charge in [-0.3, -0.25) is 0 Å². The Kier molecular flexibility index (Phi) is 2.91. The van der Waals surface area contributed by atoms with Crippen LogP contribution in [0.2, 0.25) is 0 Å². The molecule has 2 aliphatic heterocycles. The van der Waals surface area contributed by atoms with E-state index in [0.29, 0.717) is 25.3 Å². The van der Waals surface area contributed by atoms with Gasteiger partial charge in [0.2, 0.25) is 6.79 Å². The normalized spacial score (nSPS) is 27.1. The molecule has 0 radical (unpaired) electrons. The second-order valence-corrected chi connectivity index (χ2v) is 4.65. The van der Waals surface area contributed by atoms with Crippen molar-refractivity contribution >= 4 is 0 Å². The van der Waals surface area contributed by atoms with Crippen LogP contribution in [0, 0.1) is 5.92 Å². The van der Waals surface area contributed by atoms with E-state index in [0.717, 1.165) is 18.0 Å². The smallest absolute Gasteiger partial charge is 0.231 e. The Morgan fingerprint density at radius 1 is 1.35 bits per heavy atom. The highest BCUT2D eigenvalue weighted by molar-refractivity contribution is 5.49.